The van der Waals surface area contributed by atoms with Gasteiger partial charge in [0.15, 0.2) is 5.82 Å². The number of fused-ring (bicyclic) bond motifs is 2. The highest BCUT2D eigenvalue weighted by Gasteiger charge is 2.34. The zero-order valence-electron chi connectivity index (χ0n) is 17.1. The van der Waals surface area contributed by atoms with Crippen LogP contribution in [0.5, 0.6) is 0 Å². The average Bonchev–Trinajstić information content (AvgIpc) is 3.37. The van der Waals surface area contributed by atoms with E-state index in [0.29, 0.717) is 27.4 Å². The SMILES string of the molecule is CCCCN1C(=O)C(=c2sc3nc(-c4ccccc4C)nn3c2=O)c2cc(Br)ccc21. The predicted octanol–water partition coefficient (Wildman–Crippen LogP) is 3.95. The first kappa shape index (κ1) is 20.1. The van der Waals surface area contributed by atoms with Gasteiger partial charge in [-0.15, -0.1) is 5.10 Å². The van der Waals surface area contributed by atoms with Crippen molar-refractivity contribution >= 4 is 49.4 Å². The van der Waals surface area contributed by atoms with E-state index in [2.05, 4.69) is 32.9 Å². The number of anilines is 1. The quantitative estimate of drug-likeness (QED) is 0.430. The van der Waals surface area contributed by atoms with Gasteiger partial charge in [-0.2, -0.15) is 9.50 Å². The number of amides is 1. The minimum Gasteiger partial charge on any atom is -0.308 e. The average molecular weight is 495 g/mol. The number of nitrogens with zero attached hydrogens (tertiary/aromatic N) is 4. The molecule has 2 aromatic carbocycles. The molecule has 0 saturated carbocycles. The van der Waals surface area contributed by atoms with E-state index in [1.807, 2.05) is 49.4 Å². The molecule has 0 spiro atoms. The maximum atomic E-state index is 13.4. The van der Waals surface area contributed by atoms with Crippen LogP contribution in [0.25, 0.3) is 21.9 Å². The van der Waals surface area contributed by atoms with Gasteiger partial charge in [-0.3, -0.25) is 9.59 Å². The van der Waals surface area contributed by atoms with Crippen LogP contribution < -0.4 is 15.0 Å². The molecule has 0 atom stereocenters. The second-order valence-electron chi connectivity index (χ2n) is 7.53. The van der Waals surface area contributed by atoms with Crippen LogP contribution in [-0.2, 0) is 4.79 Å². The number of rotatable bonds is 4. The van der Waals surface area contributed by atoms with Crippen LogP contribution in [-0.4, -0.2) is 27.0 Å². The van der Waals surface area contributed by atoms with Gasteiger partial charge in [0, 0.05) is 22.1 Å². The number of carbonyl (C=O) groups excluding carboxylic acids is 1. The van der Waals surface area contributed by atoms with Gasteiger partial charge in [-0.25, -0.2) is 0 Å². The molecule has 0 fully saturated rings. The van der Waals surface area contributed by atoms with E-state index in [-0.39, 0.29) is 11.5 Å². The van der Waals surface area contributed by atoms with Gasteiger partial charge in [0.05, 0.1) is 11.3 Å². The van der Waals surface area contributed by atoms with Gasteiger partial charge in [0.2, 0.25) is 4.96 Å². The molecule has 3 heterocycles. The zero-order valence-corrected chi connectivity index (χ0v) is 19.5. The van der Waals surface area contributed by atoms with Gasteiger partial charge in [0.1, 0.15) is 4.53 Å². The predicted molar refractivity (Wildman–Crippen MR) is 126 cm³/mol. The summed E-state index contributed by atoms with van der Waals surface area (Å²) in [5.41, 5.74) is 3.68. The first-order valence-corrected chi connectivity index (χ1v) is 11.7. The number of unbranched alkanes of at least 4 members (excludes halogenated alkanes) is 1. The molecule has 0 saturated heterocycles. The molecule has 0 aliphatic carbocycles. The van der Waals surface area contributed by atoms with Gasteiger partial charge < -0.3 is 4.90 Å². The highest BCUT2D eigenvalue weighted by Crippen LogP contribution is 2.37. The summed E-state index contributed by atoms with van der Waals surface area (Å²) in [5.74, 6) is 0.380. The third kappa shape index (κ3) is 3.21. The number of aromatic nitrogens is 3. The third-order valence-corrected chi connectivity index (χ3v) is 7.01. The summed E-state index contributed by atoms with van der Waals surface area (Å²) in [6, 6.07) is 13.6. The Labute approximate surface area is 191 Å². The van der Waals surface area contributed by atoms with Crippen molar-refractivity contribution in [3.63, 3.8) is 0 Å². The van der Waals surface area contributed by atoms with Crippen molar-refractivity contribution in [1.82, 2.24) is 14.6 Å². The van der Waals surface area contributed by atoms with Crippen molar-refractivity contribution in [2.75, 3.05) is 11.4 Å². The lowest BCUT2D eigenvalue weighted by molar-refractivity contribution is -0.113. The molecule has 5 rings (SSSR count). The molecule has 2 aromatic heterocycles. The first-order chi connectivity index (χ1) is 15.0. The highest BCUT2D eigenvalue weighted by molar-refractivity contribution is 9.10. The zero-order chi connectivity index (χ0) is 21.7. The highest BCUT2D eigenvalue weighted by atomic mass is 79.9. The maximum absolute atomic E-state index is 13.4. The summed E-state index contributed by atoms with van der Waals surface area (Å²) in [4.78, 5) is 33.5. The molecule has 31 heavy (non-hydrogen) atoms. The van der Waals surface area contributed by atoms with E-state index in [1.165, 1.54) is 15.9 Å². The fourth-order valence-electron chi connectivity index (χ4n) is 3.88. The van der Waals surface area contributed by atoms with Gasteiger partial charge in [0.25, 0.3) is 11.5 Å². The van der Waals surface area contributed by atoms with Crippen molar-refractivity contribution in [3.8, 4) is 11.4 Å². The number of hydrogen-bond acceptors (Lipinski definition) is 5. The van der Waals surface area contributed by atoms with E-state index in [1.54, 1.807) is 4.90 Å². The molecule has 156 valence electrons. The normalized spacial score (nSPS) is 15.2. The Hall–Kier alpha value is -2.84. The number of aryl methyl sites for hydroxylation is 1. The molecule has 1 aliphatic rings. The van der Waals surface area contributed by atoms with E-state index < -0.39 is 0 Å². The van der Waals surface area contributed by atoms with Crippen LogP contribution in [0.1, 0.15) is 30.9 Å². The second-order valence-corrected chi connectivity index (χ2v) is 9.42. The van der Waals surface area contributed by atoms with Crippen molar-refractivity contribution in [2.45, 2.75) is 26.7 Å². The molecule has 6 nitrogen and oxygen atoms in total. The van der Waals surface area contributed by atoms with E-state index in [9.17, 15) is 9.59 Å². The smallest absolute Gasteiger partial charge is 0.291 e. The summed E-state index contributed by atoms with van der Waals surface area (Å²) in [6.07, 6.45) is 1.88. The molecule has 0 radical (unpaired) electrons. The standard InChI is InChI=1S/C23H19BrN4O2S/c1-3-4-11-27-17-10-9-14(24)12-16(17)18(21(27)29)19-22(30)28-23(31-19)25-20(26-28)15-8-6-5-7-13(15)2/h5-10,12H,3-4,11H2,1-2H3. The van der Waals surface area contributed by atoms with E-state index >= 15 is 0 Å². The fraction of sp³-hybridized carbons (Fsp3) is 0.217. The molecule has 1 aliphatic heterocycles. The van der Waals surface area contributed by atoms with Crippen LogP contribution in [0, 0.1) is 6.92 Å². The number of halogens is 1. The topological polar surface area (TPSA) is 67.6 Å². The Morgan fingerprint density at radius 1 is 1.10 bits per heavy atom. The Kier molecular flexibility index (Phi) is 4.98. The molecule has 0 bridgehead atoms. The summed E-state index contributed by atoms with van der Waals surface area (Å²) >= 11 is 4.72. The molecule has 8 heteroatoms. The van der Waals surface area contributed by atoms with Crippen molar-refractivity contribution < 1.29 is 4.79 Å². The molecular formula is C23H19BrN4O2S. The largest absolute Gasteiger partial charge is 0.308 e. The van der Waals surface area contributed by atoms with Gasteiger partial charge in [-0.1, -0.05) is 64.9 Å². The number of benzene rings is 2. The third-order valence-electron chi connectivity index (χ3n) is 5.48. The Balaban J connectivity index is 1.72. The number of carbonyl (C=O) groups is 1. The monoisotopic (exact) mass is 494 g/mol. The van der Waals surface area contributed by atoms with Crippen LogP contribution in [0.2, 0.25) is 0 Å². The number of thiazole rings is 1. The maximum Gasteiger partial charge on any atom is 0.291 e. The Bertz CT molecular complexity index is 1460. The van der Waals surface area contributed by atoms with Crippen molar-refractivity contribution in [2.24, 2.45) is 0 Å². The van der Waals surface area contributed by atoms with Gasteiger partial charge in [-0.05, 0) is 37.1 Å². The Morgan fingerprint density at radius 2 is 1.90 bits per heavy atom. The van der Waals surface area contributed by atoms with Crippen molar-refractivity contribution in [3.05, 3.63) is 73.0 Å². The summed E-state index contributed by atoms with van der Waals surface area (Å²) in [7, 11) is 0. The first-order valence-electron chi connectivity index (χ1n) is 10.1. The molecule has 0 N–H and O–H groups in total. The lowest BCUT2D eigenvalue weighted by Crippen LogP contribution is -2.33. The van der Waals surface area contributed by atoms with Crippen LogP contribution in [0.3, 0.4) is 0 Å². The van der Waals surface area contributed by atoms with Crippen LogP contribution >= 0.6 is 27.3 Å². The molecule has 0 unspecified atom stereocenters. The van der Waals surface area contributed by atoms with Crippen molar-refractivity contribution in [1.29, 1.82) is 0 Å². The fourth-order valence-corrected chi connectivity index (χ4v) is 5.24. The summed E-state index contributed by atoms with van der Waals surface area (Å²) < 4.78 is 2.56. The molecule has 1 amide bonds. The summed E-state index contributed by atoms with van der Waals surface area (Å²) in [6.45, 7) is 4.70. The van der Waals surface area contributed by atoms with E-state index in [0.717, 1.165) is 39.7 Å². The lowest BCUT2D eigenvalue weighted by atomic mass is 10.1. The minimum absolute atomic E-state index is 0.137. The van der Waals surface area contributed by atoms with E-state index in [4.69, 9.17) is 0 Å². The molecule has 4 aromatic rings. The Morgan fingerprint density at radius 3 is 2.65 bits per heavy atom. The lowest BCUT2D eigenvalue weighted by Gasteiger charge is -2.16. The second kappa shape index (κ2) is 7.69. The number of hydrogen-bond donors (Lipinski definition) is 0. The van der Waals surface area contributed by atoms with Crippen LogP contribution in [0.15, 0.2) is 51.7 Å². The summed E-state index contributed by atoms with van der Waals surface area (Å²) in [5, 5.41) is 4.46. The van der Waals surface area contributed by atoms with Crippen LogP contribution in [0.4, 0.5) is 5.69 Å². The molecular weight excluding hydrogens is 476 g/mol. The van der Waals surface area contributed by atoms with Gasteiger partial charge >= 0.3 is 0 Å². The minimum atomic E-state index is -0.307.